The maximum absolute atomic E-state index is 12.8. The monoisotopic (exact) mass is 222 g/mol. The lowest BCUT2D eigenvalue weighted by atomic mass is 10.1. The molecule has 1 aromatic rings. The van der Waals surface area contributed by atoms with E-state index in [1.54, 1.807) is 6.92 Å². The Morgan fingerprint density at radius 3 is 2.69 bits per heavy atom. The Bertz CT molecular complexity index is 441. The lowest BCUT2D eigenvalue weighted by molar-refractivity contribution is -0.118. The number of halogens is 2. The van der Waals surface area contributed by atoms with Crippen LogP contribution in [0, 0.1) is 23.5 Å². The number of ketones is 1. The standard InChI is InChI=1S/C13H12F2O/c1-2-3-4-5-11(16)8-10-6-7-12(14)13(15)9-10/h6-7,9H,4-5,8H2,1H3. The van der Waals surface area contributed by atoms with Crippen molar-refractivity contribution in [1.29, 1.82) is 0 Å². The number of carbonyl (C=O) groups excluding carboxylic acids is 1. The van der Waals surface area contributed by atoms with Gasteiger partial charge in [-0.1, -0.05) is 6.07 Å². The third-order valence-corrected chi connectivity index (χ3v) is 2.09. The number of hydrogen-bond donors (Lipinski definition) is 0. The third-order valence-electron chi connectivity index (χ3n) is 2.09. The lowest BCUT2D eigenvalue weighted by Crippen LogP contribution is -2.02. The molecule has 0 amide bonds. The molecule has 0 saturated heterocycles. The molecule has 0 heterocycles. The van der Waals surface area contributed by atoms with Crippen LogP contribution in [-0.4, -0.2) is 5.78 Å². The Labute approximate surface area is 93.5 Å². The fraction of sp³-hybridized carbons (Fsp3) is 0.308. The maximum atomic E-state index is 12.8. The van der Waals surface area contributed by atoms with Crippen LogP contribution in [0.5, 0.6) is 0 Å². The molecule has 1 aromatic carbocycles. The van der Waals surface area contributed by atoms with Gasteiger partial charge in [0.1, 0.15) is 5.78 Å². The molecule has 0 unspecified atom stereocenters. The average Bonchev–Trinajstić information content (AvgIpc) is 2.24. The molecule has 0 aliphatic rings. The Hall–Kier alpha value is -1.69. The van der Waals surface area contributed by atoms with Crippen molar-refractivity contribution in [3.8, 4) is 11.8 Å². The minimum absolute atomic E-state index is 0.0197. The molecule has 0 aliphatic carbocycles. The zero-order valence-corrected chi connectivity index (χ0v) is 9.02. The first-order chi connectivity index (χ1) is 7.63. The van der Waals surface area contributed by atoms with Crippen LogP contribution in [0.3, 0.4) is 0 Å². The van der Waals surface area contributed by atoms with Crippen LogP contribution in [0.25, 0.3) is 0 Å². The quantitative estimate of drug-likeness (QED) is 0.716. The topological polar surface area (TPSA) is 17.1 Å². The summed E-state index contributed by atoms with van der Waals surface area (Å²) < 4.78 is 25.4. The smallest absolute Gasteiger partial charge is 0.159 e. The minimum atomic E-state index is -0.918. The summed E-state index contributed by atoms with van der Waals surface area (Å²) in [6.07, 6.45) is 0.988. The van der Waals surface area contributed by atoms with Gasteiger partial charge in [-0.2, -0.15) is 0 Å². The van der Waals surface area contributed by atoms with Crippen LogP contribution >= 0.6 is 0 Å². The molecule has 0 aromatic heterocycles. The van der Waals surface area contributed by atoms with Crippen LogP contribution in [0.4, 0.5) is 8.78 Å². The molecule has 84 valence electrons. The first-order valence-electron chi connectivity index (χ1n) is 4.98. The highest BCUT2D eigenvalue weighted by Gasteiger charge is 2.06. The number of hydrogen-bond acceptors (Lipinski definition) is 1. The van der Waals surface area contributed by atoms with Gasteiger partial charge < -0.3 is 0 Å². The van der Waals surface area contributed by atoms with Gasteiger partial charge in [-0.3, -0.25) is 4.79 Å². The van der Waals surface area contributed by atoms with E-state index in [0.29, 0.717) is 18.4 Å². The molecule has 3 heteroatoms. The van der Waals surface area contributed by atoms with Crippen LogP contribution < -0.4 is 0 Å². The van der Waals surface area contributed by atoms with E-state index in [4.69, 9.17) is 0 Å². The van der Waals surface area contributed by atoms with Crippen molar-refractivity contribution in [1.82, 2.24) is 0 Å². The van der Waals surface area contributed by atoms with Crippen molar-refractivity contribution >= 4 is 5.78 Å². The summed E-state index contributed by atoms with van der Waals surface area (Å²) in [5.74, 6) is 3.64. The lowest BCUT2D eigenvalue weighted by Gasteiger charge is -2.00. The largest absolute Gasteiger partial charge is 0.299 e. The van der Waals surface area contributed by atoms with Crippen LogP contribution in [0.1, 0.15) is 25.3 Å². The zero-order chi connectivity index (χ0) is 12.0. The van der Waals surface area contributed by atoms with Crippen LogP contribution in [0.2, 0.25) is 0 Å². The van der Waals surface area contributed by atoms with Gasteiger partial charge in [-0.15, -0.1) is 11.8 Å². The summed E-state index contributed by atoms with van der Waals surface area (Å²) in [6, 6.07) is 3.50. The highest BCUT2D eigenvalue weighted by atomic mass is 19.2. The fourth-order valence-electron chi connectivity index (χ4n) is 1.29. The van der Waals surface area contributed by atoms with Crippen molar-refractivity contribution in [3.63, 3.8) is 0 Å². The zero-order valence-electron chi connectivity index (χ0n) is 9.02. The van der Waals surface area contributed by atoms with E-state index in [0.717, 1.165) is 12.1 Å². The highest BCUT2D eigenvalue weighted by Crippen LogP contribution is 2.10. The van der Waals surface area contributed by atoms with Crippen molar-refractivity contribution < 1.29 is 13.6 Å². The predicted octanol–water partition coefficient (Wildman–Crippen LogP) is 2.88. The van der Waals surface area contributed by atoms with E-state index >= 15 is 0 Å². The third kappa shape index (κ3) is 3.82. The summed E-state index contributed by atoms with van der Waals surface area (Å²) >= 11 is 0. The number of carbonyl (C=O) groups is 1. The second kappa shape index (κ2) is 6.02. The number of Topliss-reactive ketones (excluding diaryl/α,β-unsaturated/α-hetero) is 1. The number of rotatable bonds is 4. The molecule has 0 spiro atoms. The van der Waals surface area contributed by atoms with Gasteiger partial charge in [0, 0.05) is 19.3 Å². The predicted molar refractivity (Wildman–Crippen MR) is 57.8 cm³/mol. The first-order valence-corrected chi connectivity index (χ1v) is 4.98. The molecule has 0 bridgehead atoms. The van der Waals surface area contributed by atoms with Gasteiger partial charge in [-0.25, -0.2) is 8.78 Å². The maximum Gasteiger partial charge on any atom is 0.159 e. The minimum Gasteiger partial charge on any atom is -0.299 e. The van der Waals surface area contributed by atoms with E-state index in [2.05, 4.69) is 11.8 Å². The average molecular weight is 222 g/mol. The van der Waals surface area contributed by atoms with Crippen molar-refractivity contribution in [2.75, 3.05) is 0 Å². The molecule has 0 N–H and O–H groups in total. The molecule has 0 radical (unpaired) electrons. The summed E-state index contributed by atoms with van der Waals surface area (Å²) in [5.41, 5.74) is 0.494. The Morgan fingerprint density at radius 1 is 1.31 bits per heavy atom. The highest BCUT2D eigenvalue weighted by molar-refractivity contribution is 5.81. The van der Waals surface area contributed by atoms with Gasteiger partial charge in [0.15, 0.2) is 11.6 Å². The molecule has 1 nitrogen and oxygen atoms in total. The first kappa shape index (κ1) is 12.4. The Balaban J connectivity index is 2.55. The van der Waals surface area contributed by atoms with E-state index in [1.165, 1.54) is 6.07 Å². The summed E-state index contributed by atoms with van der Waals surface area (Å²) in [6.45, 7) is 1.71. The van der Waals surface area contributed by atoms with E-state index in [9.17, 15) is 13.6 Å². The van der Waals surface area contributed by atoms with Gasteiger partial charge in [0.25, 0.3) is 0 Å². The molecule has 0 atom stereocenters. The molecule has 0 saturated carbocycles. The molecular weight excluding hydrogens is 210 g/mol. The molecule has 16 heavy (non-hydrogen) atoms. The van der Waals surface area contributed by atoms with Gasteiger partial charge in [-0.05, 0) is 24.6 Å². The second-order valence-corrected chi connectivity index (χ2v) is 3.39. The van der Waals surface area contributed by atoms with Crippen molar-refractivity contribution in [2.45, 2.75) is 26.2 Å². The van der Waals surface area contributed by atoms with E-state index in [1.807, 2.05) is 0 Å². The Kier molecular flexibility index (Phi) is 4.65. The van der Waals surface area contributed by atoms with Gasteiger partial charge >= 0.3 is 0 Å². The summed E-state index contributed by atoms with van der Waals surface area (Å²) in [7, 11) is 0. The SMILES string of the molecule is CC#CCCC(=O)Cc1ccc(F)c(F)c1. The van der Waals surface area contributed by atoms with E-state index in [-0.39, 0.29) is 12.2 Å². The summed E-state index contributed by atoms with van der Waals surface area (Å²) in [5, 5.41) is 0. The number of benzene rings is 1. The van der Waals surface area contributed by atoms with Crippen LogP contribution in [0.15, 0.2) is 18.2 Å². The van der Waals surface area contributed by atoms with Crippen LogP contribution in [-0.2, 0) is 11.2 Å². The molecule has 0 fully saturated rings. The van der Waals surface area contributed by atoms with Crippen molar-refractivity contribution in [3.05, 3.63) is 35.4 Å². The second-order valence-electron chi connectivity index (χ2n) is 3.39. The Morgan fingerprint density at radius 2 is 2.06 bits per heavy atom. The summed E-state index contributed by atoms with van der Waals surface area (Å²) in [4.78, 5) is 11.4. The molecule has 1 rings (SSSR count). The van der Waals surface area contributed by atoms with E-state index < -0.39 is 11.6 Å². The van der Waals surface area contributed by atoms with Crippen molar-refractivity contribution in [2.24, 2.45) is 0 Å². The van der Waals surface area contributed by atoms with Gasteiger partial charge in [0.2, 0.25) is 0 Å². The van der Waals surface area contributed by atoms with Gasteiger partial charge in [0.05, 0.1) is 0 Å². The molecule has 0 aliphatic heterocycles. The fourth-order valence-corrected chi connectivity index (χ4v) is 1.29. The normalized spacial score (nSPS) is 9.44. The molecular formula is C13H12F2O.